The van der Waals surface area contributed by atoms with Crippen molar-refractivity contribution in [1.29, 1.82) is 0 Å². The van der Waals surface area contributed by atoms with Gasteiger partial charge in [-0.15, -0.1) is 10.2 Å². The molecule has 4 nitrogen and oxygen atoms in total. The highest BCUT2D eigenvalue weighted by Gasteiger charge is 2.11. The Morgan fingerprint density at radius 3 is 2.95 bits per heavy atom. The summed E-state index contributed by atoms with van der Waals surface area (Å²) in [6.45, 7) is 4.22. The lowest BCUT2D eigenvalue weighted by Crippen LogP contribution is -2.15. The third-order valence-electron chi connectivity index (χ3n) is 3.07. The van der Waals surface area contributed by atoms with Gasteiger partial charge in [0.2, 0.25) is 5.91 Å². The van der Waals surface area contributed by atoms with Crippen LogP contribution >= 0.6 is 34.7 Å². The van der Waals surface area contributed by atoms with Crippen LogP contribution in [-0.4, -0.2) is 16.1 Å². The first-order valence-corrected chi connectivity index (χ1v) is 9.19. The number of carbonyl (C=O) groups excluding carboxylic acids is 1. The number of benzene rings is 1. The molecule has 0 aliphatic rings. The average Bonchev–Trinajstić information content (AvgIpc) is 2.95. The van der Waals surface area contributed by atoms with Gasteiger partial charge in [0.1, 0.15) is 5.51 Å². The molecule has 1 aromatic heterocycles. The number of nitrogens with one attached hydrogen (secondary N) is 1. The monoisotopic (exact) mass is 355 g/mol. The molecule has 1 unspecified atom stereocenters. The molecule has 118 valence electrons. The minimum atomic E-state index is 0.0292. The maximum atomic E-state index is 12.0. The molecule has 0 radical (unpaired) electrons. The van der Waals surface area contributed by atoms with E-state index < -0.39 is 0 Å². The zero-order valence-corrected chi connectivity index (χ0v) is 14.9. The van der Waals surface area contributed by atoms with Crippen molar-refractivity contribution in [3.63, 3.8) is 0 Å². The summed E-state index contributed by atoms with van der Waals surface area (Å²) < 4.78 is 0.840. The Morgan fingerprint density at radius 1 is 1.50 bits per heavy atom. The molecule has 1 heterocycles. The summed E-state index contributed by atoms with van der Waals surface area (Å²) in [7, 11) is 0. The second-order valence-corrected chi connectivity index (χ2v) is 7.63. The number of amides is 1. The molecule has 0 saturated carbocycles. The highest BCUT2D eigenvalue weighted by Crippen LogP contribution is 2.35. The summed E-state index contributed by atoms with van der Waals surface area (Å²) in [6.07, 6.45) is 2.69. The van der Waals surface area contributed by atoms with Crippen LogP contribution in [0.25, 0.3) is 0 Å². The molecular weight excluding hydrogens is 338 g/mol. The van der Waals surface area contributed by atoms with Crippen molar-refractivity contribution in [3.8, 4) is 0 Å². The molecule has 0 saturated heterocycles. The van der Waals surface area contributed by atoms with E-state index in [0.29, 0.717) is 17.4 Å². The van der Waals surface area contributed by atoms with E-state index in [4.69, 9.17) is 11.6 Å². The van der Waals surface area contributed by atoms with Gasteiger partial charge < -0.3 is 5.32 Å². The molecule has 2 rings (SSSR count). The van der Waals surface area contributed by atoms with Crippen LogP contribution < -0.4 is 5.32 Å². The summed E-state index contributed by atoms with van der Waals surface area (Å²) in [6, 6.07) is 5.52. The van der Waals surface area contributed by atoms with E-state index in [1.807, 2.05) is 12.1 Å². The van der Waals surface area contributed by atoms with Gasteiger partial charge in [-0.25, -0.2) is 0 Å². The van der Waals surface area contributed by atoms with Crippen LogP contribution in [0.1, 0.15) is 33.1 Å². The van der Waals surface area contributed by atoms with Crippen LogP contribution in [0.15, 0.2) is 32.9 Å². The van der Waals surface area contributed by atoms with E-state index in [-0.39, 0.29) is 5.91 Å². The molecular formula is C15H18ClN3OS2. The van der Waals surface area contributed by atoms with E-state index in [2.05, 4.69) is 29.4 Å². The SMILES string of the molecule is CCCC(C)CC(=O)Nc1ccc(Sc2nncs2)c(Cl)c1. The second kappa shape index (κ2) is 8.50. The first-order valence-electron chi connectivity index (χ1n) is 7.12. The fourth-order valence-electron chi connectivity index (χ4n) is 2.09. The number of hydrogen-bond donors (Lipinski definition) is 1. The fourth-order valence-corrected chi connectivity index (χ4v) is 3.82. The van der Waals surface area contributed by atoms with Crippen molar-refractivity contribution in [2.45, 2.75) is 42.3 Å². The van der Waals surface area contributed by atoms with E-state index in [1.165, 1.54) is 23.1 Å². The highest BCUT2D eigenvalue weighted by atomic mass is 35.5. The smallest absolute Gasteiger partial charge is 0.224 e. The Balaban J connectivity index is 1.95. The quantitative estimate of drug-likeness (QED) is 0.750. The van der Waals surface area contributed by atoms with Crippen molar-refractivity contribution >= 4 is 46.3 Å². The van der Waals surface area contributed by atoms with Crippen molar-refractivity contribution in [2.75, 3.05) is 5.32 Å². The van der Waals surface area contributed by atoms with E-state index in [1.54, 1.807) is 11.6 Å². The average molecular weight is 356 g/mol. The van der Waals surface area contributed by atoms with Crippen molar-refractivity contribution in [3.05, 3.63) is 28.7 Å². The molecule has 1 atom stereocenters. The molecule has 2 aromatic rings. The standard InChI is InChI=1S/C15H18ClN3OS2/c1-3-4-10(2)7-14(20)18-11-5-6-13(12(16)8-11)22-15-19-17-9-21-15/h5-6,8-10H,3-4,7H2,1-2H3,(H,18,20). The molecule has 22 heavy (non-hydrogen) atoms. The Hall–Kier alpha value is -1.11. The lowest BCUT2D eigenvalue weighted by atomic mass is 10.0. The van der Waals surface area contributed by atoms with Crippen LogP contribution in [-0.2, 0) is 4.79 Å². The summed E-state index contributed by atoms with van der Waals surface area (Å²) in [5.41, 5.74) is 2.41. The van der Waals surface area contributed by atoms with Gasteiger partial charge in [0.25, 0.3) is 0 Å². The zero-order valence-electron chi connectivity index (χ0n) is 12.5. The maximum absolute atomic E-state index is 12.0. The molecule has 1 aromatic carbocycles. The number of halogens is 1. The molecule has 0 bridgehead atoms. The molecule has 0 fully saturated rings. The van der Waals surface area contributed by atoms with Crippen LogP contribution in [0.4, 0.5) is 5.69 Å². The van der Waals surface area contributed by atoms with Crippen LogP contribution in [0.3, 0.4) is 0 Å². The van der Waals surface area contributed by atoms with Gasteiger partial charge in [0.05, 0.1) is 5.02 Å². The molecule has 1 N–H and O–H groups in total. The van der Waals surface area contributed by atoms with Gasteiger partial charge in [-0.05, 0) is 24.1 Å². The predicted molar refractivity (Wildman–Crippen MR) is 92.8 cm³/mol. The van der Waals surface area contributed by atoms with E-state index in [9.17, 15) is 4.79 Å². The Bertz CT molecular complexity index is 619. The molecule has 0 aliphatic carbocycles. The summed E-state index contributed by atoms with van der Waals surface area (Å²) in [4.78, 5) is 12.9. The minimum Gasteiger partial charge on any atom is -0.326 e. The number of nitrogens with zero attached hydrogens (tertiary/aromatic N) is 2. The van der Waals surface area contributed by atoms with Crippen LogP contribution in [0.5, 0.6) is 0 Å². The Morgan fingerprint density at radius 2 is 2.32 bits per heavy atom. The lowest BCUT2D eigenvalue weighted by Gasteiger charge is -2.11. The minimum absolute atomic E-state index is 0.0292. The number of rotatable bonds is 7. The van der Waals surface area contributed by atoms with Crippen LogP contribution in [0, 0.1) is 5.92 Å². The van der Waals surface area contributed by atoms with E-state index in [0.717, 1.165) is 27.8 Å². The zero-order chi connectivity index (χ0) is 15.9. The third-order valence-corrected chi connectivity index (χ3v) is 5.35. The summed E-state index contributed by atoms with van der Waals surface area (Å²) >= 11 is 9.20. The Labute approximate surface area is 143 Å². The van der Waals surface area contributed by atoms with Crippen molar-refractivity contribution in [1.82, 2.24) is 10.2 Å². The second-order valence-electron chi connectivity index (χ2n) is 5.10. The fraction of sp³-hybridized carbons (Fsp3) is 0.400. The van der Waals surface area contributed by atoms with E-state index >= 15 is 0 Å². The number of carbonyl (C=O) groups is 1. The predicted octanol–water partition coefficient (Wildman–Crippen LogP) is 5.11. The first kappa shape index (κ1) is 17.2. The van der Waals surface area contributed by atoms with Crippen LogP contribution in [0.2, 0.25) is 5.02 Å². The summed E-state index contributed by atoms with van der Waals surface area (Å²) in [5.74, 6) is 0.425. The molecule has 0 spiro atoms. The first-order chi connectivity index (χ1) is 10.6. The van der Waals surface area contributed by atoms with Gasteiger partial charge in [-0.1, -0.05) is 61.4 Å². The van der Waals surface area contributed by atoms with Gasteiger partial charge in [-0.3, -0.25) is 4.79 Å². The molecule has 1 amide bonds. The Kier molecular flexibility index (Phi) is 6.67. The van der Waals surface area contributed by atoms with Gasteiger partial charge >= 0.3 is 0 Å². The number of anilines is 1. The maximum Gasteiger partial charge on any atom is 0.224 e. The van der Waals surface area contributed by atoms with Gasteiger partial charge in [-0.2, -0.15) is 0 Å². The molecule has 7 heteroatoms. The topological polar surface area (TPSA) is 54.9 Å². The third kappa shape index (κ3) is 5.26. The van der Waals surface area contributed by atoms with Gasteiger partial charge in [0, 0.05) is 17.0 Å². The van der Waals surface area contributed by atoms with Crippen molar-refractivity contribution < 1.29 is 4.79 Å². The number of aromatic nitrogens is 2. The normalized spacial score (nSPS) is 12.1. The highest BCUT2D eigenvalue weighted by molar-refractivity contribution is 8.01. The lowest BCUT2D eigenvalue weighted by molar-refractivity contribution is -0.117. The van der Waals surface area contributed by atoms with Crippen molar-refractivity contribution in [2.24, 2.45) is 5.92 Å². The van der Waals surface area contributed by atoms with Gasteiger partial charge in [0.15, 0.2) is 4.34 Å². The molecule has 0 aliphatic heterocycles. The number of hydrogen-bond acceptors (Lipinski definition) is 5. The largest absolute Gasteiger partial charge is 0.326 e. The summed E-state index contributed by atoms with van der Waals surface area (Å²) in [5, 5.41) is 11.3.